The van der Waals surface area contributed by atoms with Crippen LogP contribution >= 0.6 is 0 Å². The van der Waals surface area contributed by atoms with Gasteiger partial charge in [0.1, 0.15) is 17.1 Å². The molecule has 2 amide bonds. The Morgan fingerprint density at radius 2 is 1.44 bits per heavy atom. The summed E-state index contributed by atoms with van der Waals surface area (Å²) in [5.74, 6) is -0.269. The van der Waals surface area contributed by atoms with Gasteiger partial charge in [-0.15, -0.1) is 0 Å². The Kier molecular flexibility index (Phi) is 5.47. The molecule has 0 fully saturated rings. The molecular formula is C21H19N3O3. The maximum Gasteiger partial charge on any atom is 0.274 e. The Balaban J connectivity index is 1.75. The number of hydrogen-bond donors (Lipinski definition) is 2. The number of anilines is 2. The van der Waals surface area contributed by atoms with Crippen molar-refractivity contribution in [3.8, 4) is 5.75 Å². The van der Waals surface area contributed by atoms with E-state index in [0.717, 1.165) is 5.56 Å². The molecule has 0 aliphatic heterocycles. The lowest BCUT2D eigenvalue weighted by molar-refractivity contribution is 0.101. The summed E-state index contributed by atoms with van der Waals surface area (Å²) in [4.78, 5) is 29.1. The number of carbonyl (C=O) groups excluding carboxylic acids is 2. The van der Waals surface area contributed by atoms with Crippen LogP contribution in [0, 0.1) is 6.92 Å². The predicted octanol–water partition coefficient (Wildman–Crippen LogP) is 3.90. The monoisotopic (exact) mass is 361 g/mol. The Morgan fingerprint density at radius 1 is 0.815 bits per heavy atom. The first kappa shape index (κ1) is 18.1. The normalized spacial score (nSPS) is 10.1. The second kappa shape index (κ2) is 8.14. The number of benzene rings is 2. The van der Waals surface area contributed by atoms with E-state index < -0.39 is 5.91 Å². The zero-order valence-corrected chi connectivity index (χ0v) is 15.0. The molecule has 0 radical (unpaired) electrons. The van der Waals surface area contributed by atoms with Gasteiger partial charge in [0.15, 0.2) is 0 Å². The van der Waals surface area contributed by atoms with Crippen molar-refractivity contribution >= 4 is 23.2 Å². The minimum atomic E-state index is -0.426. The number of methoxy groups -OCH3 is 1. The van der Waals surface area contributed by atoms with Gasteiger partial charge in [-0.1, -0.05) is 35.9 Å². The standard InChI is InChI=1S/C21H19N3O3/c1-14-10-12-15(13-11-14)22-20(25)17-7-5-8-18(23-17)21(26)24-16-6-3-4-9-19(16)27-2/h3-13H,1-2H3,(H,22,25)(H,24,26). The van der Waals surface area contributed by atoms with E-state index in [1.165, 1.54) is 7.11 Å². The van der Waals surface area contributed by atoms with E-state index in [0.29, 0.717) is 17.1 Å². The number of aromatic nitrogens is 1. The molecule has 0 saturated carbocycles. The van der Waals surface area contributed by atoms with Crippen molar-refractivity contribution in [2.75, 3.05) is 17.7 Å². The molecule has 1 heterocycles. The molecule has 0 aliphatic rings. The highest BCUT2D eigenvalue weighted by Crippen LogP contribution is 2.23. The number of rotatable bonds is 5. The van der Waals surface area contributed by atoms with Gasteiger partial charge in [0.25, 0.3) is 11.8 Å². The summed E-state index contributed by atoms with van der Waals surface area (Å²) in [6.07, 6.45) is 0. The van der Waals surface area contributed by atoms with Gasteiger partial charge in [0.05, 0.1) is 12.8 Å². The minimum Gasteiger partial charge on any atom is -0.495 e. The van der Waals surface area contributed by atoms with Gasteiger partial charge in [0, 0.05) is 5.69 Å². The van der Waals surface area contributed by atoms with Gasteiger partial charge in [0.2, 0.25) is 0 Å². The van der Waals surface area contributed by atoms with Crippen LogP contribution in [-0.4, -0.2) is 23.9 Å². The molecule has 3 aromatic rings. The third-order valence-electron chi connectivity index (χ3n) is 3.88. The van der Waals surface area contributed by atoms with E-state index in [2.05, 4.69) is 15.6 Å². The number of para-hydroxylation sites is 2. The molecule has 1 aromatic heterocycles. The van der Waals surface area contributed by atoms with Crippen molar-refractivity contribution in [3.63, 3.8) is 0 Å². The molecule has 3 rings (SSSR count). The first-order valence-electron chi connectivity index (χ1n) is 8.36. The first-order valence-corrected chi connectivity index (χ1v) is 8.36. The third-order valence-corrected chi connectivity index (χ3v) is 3.88. The largest absolute Gasteiger partial charge is 0.495 e. The number of nitrogens with one attached hydrogen (secondary N) is 2. The van der Waals surface area contributed by atoms with Crippen LogP contribution in [-0.2, 0) is 0 Å². The van der Waals surface area contributed by atoms with E-state index >= 15 is 0 Å². The summed E-state index contributed by atoms with van der Waals surface area (Å²) in [7, 11) is 1.53. The molecule has 6 nitrogen and oxygen atoms in total. The van der Waals surface area contributed by atoms with Crippen LogP contribution in [0.25, 0.3) is 0 Å². The summed E-state index contributed by atoms with van der Waals surface area (Å²) >= 11 is 0. The number of carbonyl (C=O) groups is 2. The quantitative estimate of drug-likeness (QED) is 0.722. The average Bonchev–Trinajstić information content (AvgIpc) is 2.70. The van der Waals surface area contributed by atoms with Crippen molar-refractivity contribution in [3.05, 3.63) is 83.7 Å². The summed E-state index contributed by atoms with van der Waals surface area (Å²) in [6, 6.07) is 19.2. The molecule has 0 bridgehead atoms. The topological polar surface area (TPSA) is 80.3 Å². The van der Waals surface area contributed by atoms with Crippen molar-refractivity contribution in [1.29, 1.82) is 0 Å². The molecule has 0 aliphatic carbocycles. The van der Waals surface area contributed by atoms with E-state index in [-0.39, 0.29) is 17.3 Å². The molecule has 2 aromatic carbocycles. The van der Waals surface area contributed by atoms with Gasteiger partial charge in [-0.2, -0.15) is 0 Å². The van der Waals surface area contributed by atoms with E-state index in [9.17, 15) is 9.59 Å². The maximum atomic E-state index is 12.5. The van der Waals surface area contributed by atoms with Crippen LogP contribution < -0.4 is 15.4 Å². The molecule has 136 valence electrons. The summed E-state index contributed by atoms with van der Waals surface area (Å²) in [5.41, 5.74) is 2.58. The Bertz CT molecular complexity index is 968. The Hall–Kier alpha value is -3.67. The predicted molar refractivity (Wildman–Crippen MR) is 104 cm³/mol. The van der Waals surface area contributed by atoms with E-state index in [1.54, 1.807) is 36.4 Å². The van der Waals surface area contributed by atoms with Crippen LogP contribution in [0.3, 0.4) is 0 Å². The zero-order valence-electron chi connectivity index (χ0n) is 15.0. The summed E-state index contributed by atoms with van der Waals surface area (Å²) < 4.78 is 5.22. The van der Waals surface area contributed by atoms with Crippen LogP contribution in [0.15, 0.2) is 66.7 Å². The van der Waals surface area contributed by atoms with Gasteiger partial charge >= 0.3 is 0 Å². The number of ether oxygens (including phenoxy) is 1. The lowest BCUT2D eigenvalue weighted by atomic mass is 10.2. The molecule has 0 saturated heterocycles. The van der Waals surface area contributed by atoms with Crippen molar-refractivity contribution in [2.45, 2.75) is 6.92 Å². The van der Waals surface area contributed by atoms with Crippen LogP contribution in [0.2, 0.25) is 0 Å². The highest BCUT2D eigenvalue weighted by molar-refractivity contribution is 6.06. The van der Waals surface area contributed by atoms with Crippen molar-refractivity contribution < 1.29 is 14.3 Å². The number of aryl methyl sites for hydroxylation is 1. The fourth-order valence-corrected chi connectivity index (χ4v) is 2.45. The lowest BCUT2D eigenvalue weighted by Gasteiger charge is -2.10. The van der Waals surface area contributed by atoms with Crippen LogP contribution in [0.4, 0.5) is 11.4 Å². The number of hydrogen-bond acceptors (Lipinski definition) is 4. The first-order chi connectivity index (χ1) is 13.1. The highest BCUT2D eigenvalue weighted by atomic mass is 16.5. The molecule has 0 spiro atoms. The summed E-state index contributed by atoms with van der Waals surface area (Å²) in [6.45, 7) is 1.97. The van der Waals surface area contributed by atoms with Gasteiger partial charge in [-0.25, -0.2) is 4.98 Å². The molecule has 0 unspecified atom stereocenters. The molecular weight excluding hydrogens is 342 g/mol. The summed E-state index contributed by atoms with van der Waals surface area (Å²) in [5, 5.41) is 5.51. The molecule has 27 heavy (non-hydrogen) atoms. The second-order valence-electron chi connectivity index (χ2n) is 5.88. The molecule has 6 heteroatoms. The molecule has 0 atom stereocenters. The third kappa shape index (κ3) is 4.49. The van der Waals surface area contributed by atoms with Crippen molar-refractivity contribution in [1.82, 2.24) is 4.98 Å². The fraction of sp³-hybridized carbons (Fsp3) is 0.0952. The highest BCUT2D eigenvalue weighted by Gasteiger charge is 2.14. The Morgan fingerprint density at radius 3 is 2.11 bits per heavy atom. The fourth-order valence-electron chi connectivity index (χ4n) is 2.45. The van der Waals surface area contributed by atoms with Gasteiger partial charge in [-0.05, 0) is 43.3 Å². The van der Waals surface area contributed by atoms with E-state index in [4.69, 9.17) is 4.74 Å². The van der Waals surface area contributed by atoms with Crippen LogP contribution in [0.1, 0.15) is 26.5 Å². The van der Waals surface area contributed by atoms with Gasteiger partial charge in [-0.3, -0.25) is 9.59 Å². The van der Waals surface area contributed by atoms with E-state index in [1.807, 2.05) is 37.3 Å². The average molecular weight is 361 g/mol. The lowest BCUT2D eigenvalue weighted by Crippen LogP contribution is -2.18. The second-order valence-corrected chi connectivity index (χ2v) is 5.88. The number of amides is 2. The number of nitrogens with zero attached hydrogens (tertiary/aromatic N) is 1. The van der Waals surface area contributed by atoms with Gasteiger partial charge < -0.3 is 15.4 Å². The Labute approximate surface area is 157 Å². The van der Waals surface area contributed by atoms with Crippen LogP contribution in [0.5, 0.6) is 5.75 Å². The zero-order chi connectivity index (χ0) is 19.2. The SMILES string of the molecule is COc1ccccc1NC(=O)c1cccc(C(=O)Nc2ccc(C)cc2)n1. The van der Waals surface area contributed by atoms with Crippen molar-refractivity contribution in [2.24, 2.45) is 0 Å². The number of pyridine rings is 1. The smallest absolute Gasteiger partial charge is 0.274 e. The maximum absolute atomic E-state index is 12.5. The molecule has 2 N–H and O–H groups in total. The minimum absolute atomic E-state index is 0.137.